The average molecular weight is 218 g/mol. The first kappa shape index (κ1) is 11.7. The lowest BCUT2D eigenvalue weighted by atomic mass is 9.86. The number of fused-ring (bicyclic) bond motifs is 1. The summed E-state index contributed by atoms with van der Waals surface area (Å²) in [6.07, 6.45) is 1.08. The van der Waals surface area contributed by atoms with Crippen LogP contribution in [-0.4, -0.2) is 6.61 Å². The fourth-order valence-corrected chi connectivity index (χ4v) is 2.42. The van der Waals surface area contributed by atoms with Crippen molar-refractivity contribution < 1.29 is 4.74 Å². The molecule has 1 heteroatoms. The topological polar surface area (TPSA) is 9.23 Å². The van der Waals surface area contributed by atoms with Crippen molar-refractivity contribution in [1.82, 2.24) is 0 Å². The van der Waals surface area contributed by atoms with Gasteiger partial charge in [0.15, 0.2) is 0 Å². The van der Waals surface area contributed by atoms with Crippen molar-refractivity contribution in [3.05, 3.63) is 34.4 Å². The van der Waals surface area contributed by atoms with Gasteiger partial charge < -0.3 is 4.74 Å². The number of ether oxygens (including phenoxy) is 1. The standard InChI is InChI=1S/C15H22O/c1-10(2)12-7-13-9-16-6-5-14(13)15(8-12)11(3)4/h7-8,10-11H,5-6,9H2,1-4H3. The number of benzene rings is 1. The van der Waals surface area contributed by atoms with Crippen LogP contribution in [0.4, 0.5) is 0 Å². The zero-order valence-electron chi connectivity index (χ0n) is 10.8. The molecular weight excluding hydrogens is 196 g/mol. The Bertz CT molecular complexity index is 377. The second-order valence-corrected chi connectivity index (χ2v) is 5.36. The number of rotatable bonds is 2. The monoisotopic (exact) mass is 218 g/mol. The SMILES string of the molecule is CC(C)c1cc2c(c(C(C)C)c1)CCOC2. The van der Waals surface area contributed by atoms with E-state index < -0.39 is 0 Å². The minimum absolute atomic E-state index is 0.602. The second kappa shape index (κ2) is 4.58. The molecule has 88 valence electrons. The van der Waals surface area contributed by atoms with E-state index >= 15 is 0 Å². The molecule has 0 fully saturated rings. The van der Waals surface area contributed by atoms with Gasteiger partial charge in [-0.15, -0.1) is 0 Å². The fourth-order valence-electron chi connectivity index (χ4n) is 2.42. The van der Waals surface area contributed by atoms with Gasteiger partial charge in [-0.3, -0.25) is 0 Å². The van der Waals surface area contributed by atoms with E-state index in [1.165, 1.54) is 16.7 Å². The zero-order valence-corrected chi connectivity index (χ0v) is 10.8. The highest BCUT2D eigenvalue weighted by Crippen LogP contribution is 2.30. The van der Waals surface area contributed by atoms with Crippen LogP contribution in [0.15, 0.2) is 12.1 Å². The van der Waals surface area contributed by atoms with Crippen LogP contribution in [0.5, 0.6) is 0 Å². The second-order valence-electron chi connectivity index (χ2n) is 5.36. The molecule has 16 heavy (non-hydrogen) atoms. The van der Waals surface area contributed by atoms with Crippen molar-refractivity contribution in [1.29, 1.82) is 0 Å². The minimum Gasteiger partial charge on any atom is -0.376 e. The molecule has 0 aromatic heterocycles. The Morgan fingerprint density at radius 2 is 1.81 bits per heavy atom. The molecule has 1 aliphatic rings. The van der Waals surface area contributed by atoms with E-state index in [1.807, 2.05) is 0 Å². The third kappa shape index (κ3) is 2.15. The molecule has 0 spiro atoms. The molecule has 0 aliphatic carbocycles. The molecule has 1 nitrogen and oxygen atoms in total. The lowest BCUT2D eigenvalue weighted by Crippen LogP contribution is -2.14. The maximum Gasteiger partial charge on any atom is 0.0719 e. The van der Waals surface area contributed by atoms with Gasteiger partial charge in [-0.05, 0) is 40.5 Å². The average Bonchev–Trinajstić information content (AvgIpc) is 2.27. The lowest BCUT2D eigenvalue weighted by molar-refractivity contribution is 0.110. The van der Waals surface area contributed by atoms with Gasteiger partial charge in [-0.25, -0.2) is 0 Å². The molecule has 2 rings (SSSR count). The van der Waals surface area contributed by atoms with Crippen LogP contribution in [-0.2, 0) is 17.8 Å². The van der Waals surface area contributed by atoms with Gasteiger partial charge in [-0.1, -0.05) is 39.8 Å². The van der Waals surface area contributed by atoms with Crippen molar-refractivity contribution in [2.24, 2.45) is 0 Å². The largest absolute Gasteiger partial charge is 0.376 e. The summed E-state index contributed by atoms with van der Waals surface area (Å²) in [6.45, 7) is 10.8. The molecule has 0 radical (unpaired) electrons. The summed E-state index contributed by atoms with van der Waals surface area (Å²) in [5.74, 6) is 1.22. The predicted octanol–water partition coefficient (Wildman–Crippen LogP) is 4.01. The molecule has 0 saturated carbocycles. The Balaban J connectivity index is 2.52. The van der Waals surface area contributed by atoms with Gasteiger partial charge in [0.05, 0.1) is 13.2 Å². The quantitative estimate of drug-likeness (QED) is 0.729. The number of hydrogen-bond donors (Lipinski definition) is 0. The van der Waals surface area contributed by atoms with Crippen molar-refractivity contribution in [2.75, 3.05) is 6.61 Å². The van der Waals surface area contributed by atoms with Crippen LogP contribution >= 0.6 is 0 Å². The Hall–Kier alpha value is -0.820. The van der Waals surface area contributed by atoms with Gasteiger partial charge in [-0.2, -0.15) is 0 Å². The Morgan fingerprint density at radius 3 is 2.44 bits per heavy atom. The molecule has 0 bridgehead atoms. The number of hydrogen-bond acceptors (Lipinski definition) is 1. The van der Waals surface area contributed by atoms with Crippen LogP contribution < -0.4 is 0 Å². The third-order valence-electron chi connectivity index (χ3n) is 3.44. The fraction of sp³-hybridized carbons (Fsp3) is 0.600. The summed E-state index contributed by atoms with van der Waals surface area (Å²) in [7, 11) is 0. The molecule has 0 unspecified atom stereocenters. The summed E-state index contributed by atoms with van der Waals surface area (Å²) >= 11 is 0. The van der Waals surface area contributed by atoms with Crippen LogP contribution in [0.2, 0.25) is 0 Å². The van der Waals surface area contributed by atoms with Crippen LogP contribution in [0.1, 0.15) is 61.8 Å². The molecule has 1 heterocycles. The van der Waals surface area contributed by atoms with Gasteiger partial charge >= 0.3 is 0 Å². The molecule has 1 aliphatic heterocycles. The van der Waals surface area contributed by atoms with Gasteiger partial charge in [0.25, 0.3) is 0 Å². The first-order valence-electron chi connectivity index (χ1n) is 6.33. The lowest BCUT2D eigenvalue weighted by Gasteiger charge is -2.24. The van der Waals surface area contributed by atoms with E-state index in [1.54, 1.807) is 5.56 Å². The van der Waals surface area contributed by atoms with E-state index in [0.29, 0.717) is 11.8 Å². The summed E-state index contributed by atoms with van der Waals surface area (Å²) in [5.41, 5.74) is 5.95. The molecule has 0 amide bonds. The zero-order chi connectivity index (χ0) is 11.7. The van der Waals surface area contributed by atoms with Gasteiger partial charge in [0.1, 0.15) is 0 Å². The van der Waals surface area contributed by atoms with Crippen LogP contribution in [0.25, 0.3) is 0 Å². The highest BCUT2D eigenvalue weighted by atomic mass is 16.5. The van der Waals surface area contributed by atoms with E-state index in [9.17, 15) is 0 Å². The third-order valence-corrected chi connectivity index (χ3v) is 3.44. The Kier molecular flexibility index (Phi) is 3.34. The summed E-state index contributed by atoms with van der Waals surface area (Å²) in [5, 5.41) is 0. The molecule has 1 aromatic rings. The molecule has 0 saturated heterocycles. The first-order chi connectivity index (χ1) is 7.59. The highest BCUT2D eigenvalue weighted by molar-refractivity contribution is 5.42. The summed E-state index contributed by atoms with van der Waals surface area (Å²) < 4.78 is 5.57. The smallest absolute Gasteiger partial charge is 0.0719 e. The molecule has 1 aromatic carbocycles. The van der Waals surface area contributed by atoms with Crippen molar-refractivity contribution >= 4 is 0 Å². The molecular formula is C15H22O. The summed E-state index contributed by atoms with van der Waals surface area (Å²) in [4.78, 5) is 0. The molecule has 0 N–H and O–H groups in total. The van der Waals surface area contributed by atoms with E-state index in [0.717, 1.165) is 19.6 Å². The predicted molar refractivity (Wildman–Crippen MR) is 68.0 cm³/mol. The molecule has 0 atom stereocenters. The van der Waals surface area contributed by atoms with Crippen molar-refractivity contribution in [3.63, 3.8) is 0 Å². The van der Waals surface area contributed by atoms with Gasteiger partial charge in [0, 0.05) is 0 Å². The minimum atomic E-state index is 0.602. The first-order valence-corrected chi connectivity index (χ1v) is 6.33. The van der Waals surface area contributed by atoms with E-state index in [4.69, 9.17) is 4.74 Å². The van der Waals surface area contributed by atoms with Crippen LogP contribution in [0, 0.1) is 0 Å². The highest BCUT2D eigenvalue weighted by Gasteiger charge is 2.17. The Morgan fingerprint density at radius 1 is 1.06 bits per heavy atom. The van der Waals surface area contributed by atoms with Crippen molar-refractivity contribution in [2.45, 2.75) is 52.6 Å². The van der Waals surface area contributed by atoms with E-state index in [2.05, 4.69) is 39.8 Å². The summed E-state index contributed by atoms with van der Waals surface area (Å²) in [6, 6.07) is 4.74. The van der Waals surface area contributed by atoms with E-state index in [-0.39, 0.29) is 0 Å². The Labute approximate surface area is 98.8 Å². The normalized spacial score (nSPS) is 15.6. The van der Waals surface area contributed by atoms with Crippen LogP contribution in [0.3, 0.4) is 0 Å². The maximum absolute atomic E-state index is 5.57. The van der Waals surface area contributed by atoms with Gasteiger partial charge in [0.2, 0.25) is 0 Å². The van der Waals surface area contributed by atoms with Crippen molar-refractivity contribution in [3.8, 4) is 0 Å². The maximum atomic E-state index is 5.57.